The molecular weight excluding hydrogens is 292 g/mol. The first-order valence-electron chi connectivity index (χ1n) is 7.97. The SMILES string of the molecule is Cc1cccc(C(C)(C)CNC(=O)N2CCC(C)(C(=O)O)C2)c1. The molecule has 23 heavy (non-hydrogen) atoms. The van der Waals surface area contributed by atoms with Crippen LogP contribution in [0.4, 0.5) is 4.79 Å². The number of carbonyl (C=O) groups excluding carboxylic acids is 1. The Morgan fingerprint density at radius 2 is 2.09 bits per heavy atom. The van der Waals surface area contributed by atoms with Crippen molar-refractivity contribution < 1.29 is 14.7 Å². The number of hydrogen-bond acceptors (Lipinski definition) is 2. The predicted molar refractivity (Wildman–Crippen MR) is 89.5 cm³/mol. The maximum Gasteiger partial charge on any atom is 0.317 e. The predicted octanol–water partition coefficient (Wildman–Crippen LogP) is 2.78. The highest BCUT2D eigenvalue weighted by atomic mass is 16.4. The summed E-state index contributed by atoms with van der Waals surface area (Å²) in [6.45, 7) is 9.18. The lowest BCUT2D eigenvalue weighted by molar-refractivity contribution is -0.147. The fourth-order valence-corrected chi connectivity index (χ4v) is 2.89. The molecule has 126 valence electrons. The second-order valence-corrected chi connectivity index (χ2v) is 7.45. The van der Waals surface area contributed by atoms with Gasteiger partial charge in [-0.3, -0.25) is 4.79 Å². The van der Waals surface area contributed by atoms with Gasteiger partial charge in [0.25, 0.3) is 0 Å². The van der Waals surface area contributed by atoms with Crippen LogP contribution in [0.2, 0.25) is 0 Å². The molecule has 1 aromatic carbocycles. The first-order valence-corrected chi connectivity index (χ1v) is 7.97. The number of benzene rings is 1. The molecule has 1 saturated heterocycles. The molecule has 5 nitrogen and oxygen atoms in total. The van der Waals surface area contributed by atoms with Gasteiger partial charge in [0.15, 0.2) is 0 Å². The Labute approximate surface area is 137 Å². The zero-order valence-electron chi connectivity index (χ0n) is 14.3. The average molecular weight is 318 g/mol. The number of aliphatic carboxylic acids is 1. The molecule has 0 saturated carbocycles. The van der Waals surface area contributed by atoms with Gasteiger partial charge in [0, 0.05) is 25.0 Å². The van der Waals surface area contributed by atoms with Crippen LogP contribution in [-0.2, 0) is 10.2 Å². The van der Waals surface area contributed by atoms with Gasteiger partial charge in [-0.2, -0.15) is 0 Å². The van der Waals surface area contributed by atoms with Crippen LogP contribution in [0, 0.1) is 12.3 Å². The first-order chi connectivity index (χ1) is 10.6. The number of nitrogens with zero attached hydrogens (tertiary/aromatic N) is 1. The molecule has 2 N–H and O–H groups in total. The fourth-order valence-electron chi connectivity index (χ4n) is 2.89. The van der Waals surface area contributed by atoms with Gasteiger partial charge in [-0.1, -0.05) is 43.7 Å². The van der Waals surface area contributed by atoms with Gasteiger partial charge < -0.3 is 15.3 Å². The van der Waals surface area contributed by atoms with Gasteiger partial charge in [-0.25, -0.2) is 4.79 Å². The van der Waals surface area contributed by atoms with Crippen LogP contribution in [0.1, 0.15) is 38.3 Å². The molecule has 2 rings (SSSR count). The summed E-state index contributed by atoms with van der Waals surface area (Å²) in [5, 5.41) is 12.2. The van der Waals surface area contributed by atoms with Gasteiger partial charge in [0.2, 0.25) is 0 Å². The summed E-state index contributed by atoms with van der Waals surface area (Å²) in [5.41, 5.74) is 1.36. The molecule has 2 amide bonds. The molecule has 1 atom stereocenters. The summed E-state index contributed by atoms with van der Waals surface area (Å²) in [7, 11) is 0. The number of carboxylic acids is 1. The monoisotopic (exact) mass is 318 g/mol. The van der Waals surface area contributed by atoms with E-state index in [0.29, 0.717) is 19.5 Å². The average Bonchev–Trinajstić information content (AvgIpc) is 2.89. The van der Waals surface area contributed by atoms with Crippen molar-refractivity contribution in [2.45, 2.75) is 39.5 Å². The van der Waals surface area contributed by atoms with E-state index in [4.69, 9.17) is 0 Å². The van der Waals surface area contributed by atoms with E-state index in [0.717, 1.165) is 0 Å². The normalized spacial score (nSPS) is 21.3. The second kappa shape index (κ2) is 6.22. The number of rotatable bonds is 4. The molecule has 1 unspecified atom stereocenters. The van der Waals surface area contributed by atoms with Crippen LogP contribution in [0.5, 0.6) is 0 Å². The van der Waals surface area contributed by atoms with Crippen LogP contribution in [-0.4, -0.2) is 41.6 Å². The summed E-state index contributed by atoms with van der Waals surface area (Å²) < 4.78 is 0. The Hall–Kier alpha value is -2.04. The Kier molecular flexibility index (Phi) is 4.68. The standard InChI is InChI=1S/C18H26N2O3/c1-13-6-5-7-14(10-13)17(2,3)11-19-16(23)20-9-8-18(4,12-20)15(21)22/h5-7,10H,8-9,11-12H2,1-4H3,(H,19,23)(H,21,22). The van der Waals surface area contributed by atoms with E-state index in [2.05, 4.69) is 44.3 Å². The minimum Gasteiger partial charge on any atom is -0.481 e. The highest BCUT2D eigenvalue weighted by molar-refractivity contribution is 5.79. The molecule has 1 aliphatic heterocycles. The third-order valence-electron chi connectivity index (χ3n) is 4.76. The summed E-state index contributed by atoms with van der Waals surface area (Å²) >= 11 is 0. The first kappa shape index (κ1) is 17.3. The molecule has 0 bridgehead atoms. The van der Waals surface area contributed by atoms with E-state index in [-0.39, 0.29) is 18.0 Å². The molecule has 0 aromatic heterocycles. The van der Waals surface area contributed by atoms with Crippen molar-refractivity contribution >= 4 is 12.0 Å². The second-order valence-electron chi connectivity index (χ2n) is 7.45. The molecule has 0 radical (unpaired) electrons. The van der Waals surface area contributed by atoms with Crippen molar-refractivity contribution in [2.75, 3.05) is 19.6 Å². The van der Waals surface area contributed by atoms with Crippen molar-refractivity contribution in [3.8, 4) is 0 Å². The van der Waals surface area contributed by atoms with E-state index in [1.165, 1.54) is 11.1 Å². The van der Waals surface area contributed by atoms with Crippen LogP contribution in [0.15, 0.2) is 24.3 Å². The number of nitrogens with one attached hydrogen (secondary N) is 1. The van der Waals surface area contributed by atoms with Gasteiger partial charge in [0.05, 0.1) is 5.41 Å². The van der Waals surface area contributed by atoms with Crippen molar-refractivity contribution in [3.05, 3.63) is 35.4 Å². The van der Waals surface area contributed by atoms with Gasteiger partial charge in [-0.15, -0.1) is 0 Å². The number of carboxylic acid groups (broad SMARTS) is 1. The number of urea groups is 1. The van der Waals surface area contributed by atoms with Crippen LogP contribution in [0.25, 0.3) is 0 Å². The topological polar surface area (TPSA) is 69.6 Å². The largest absolute Gasteiger partial charge is 0.481 e. The van der Waals surface area contributed by atoms with Crippen LogP contribution >= 0.6 is 0 Å². The third kappa shape index (κ3) is 3.84. The molecule has 1 fully saturated rings. The number of amides is 2. The molecular formula is C18H26N2O3. The van der Waals surface area contributed by atoms with E-state index >= 15 is 0 Å². The van der Waals surface area contributed by atoms with Crippen LogP contribution in [0.3, 0.4) is 0 Å². The van der Waals surface area contributed by atoms with E-state index < -0.39 is 11.4 Å². The van der Waals surface area contributed by atoms with E-state index in [1.54, 1.807) is 11.8 Å². The number of aryl methyl sites for hydroxylation is 1. The molecule has 1 heterocycles. The third-order valence-corrected chi connectivity index (χ3v) is 4.76. The van der Waals surface area contributed by atoms with Gasteiger partial charge >= 0.3 is 12.0 Å². The zero-order chi connectivity index (χ0) is 17.3. The highest BCUT2D eigenvalue weighted by Gasteiger charge is 2.42. The minimum absolute atomic E-state index is 0.183. The number of hydrogen-bond donors (Lipinski definition) is 2. The Morgan fingerprint density at radius 3 is 2.65 bits per heavy atom. The lowest BCUT2D eigenvalue weighted by Gasteiger charge is -2.28. The number of carbonyl (C=O) groups is 2. The van der Waals surface area contributed by atoms with E-state index in [1.807, 2.05) is 6.07 Å². The van der Waals surface area contributed by atoms with Crippen molar-refractivity contribution in [3.63, 3.8) is 0 Å². The Balaban J connectivity index is 1.95. The Morgan fingerprint density at radius 1 is 1.39 bits per heavy atom. The van der Waals surface area contributed by atoms with Crippen molar-refractivity contribution in [2.24, 2.45) is 5.41 Å². The maximum atomic E-state index is 12.3. The summed E-state index contributed by atoms with van der Waals surface area (Å²) in [6, 6.07) is 8.08. The molecule has 5 heteroatoms. The smallest absolute Gasteiger partial charge is 0.317 e. The molecule has 1 aromatic rings. The summed E-state index contributed by atoms with van der Waals surface area (Å²) in [5.74, 6) is -0.840. The number of likely N-dealkylation sites (tertiary alicyclic amines) is 1. The molecule has 0 aliphatic carbocycles. The lowest BCUT2D eigenvalue weighted by Crippen LogP contribution is -2.45. The molecule has 1 aliphatic rings. The lowest BCUT2D eigenvalue weighted by atomic mass is 9.84. The summed E-state index contributed by atoms with van der Waals surface area (Å²) in [4.78, 5) is 25.2. The minimum atomic E-state index is -0.840. The Bertz CT molecular complexity index is 612. The van der Waals surface area contributed by atoms with E-state index in [9.17, 15) is 14.7 Å². The van der Waals surface area contributed by atoms with Gasteiger partial charge in [-0.05, 0) is 25.8 Å². The van der Waals surface area contributed by atoms with Crippen molar-refractivity contribution in [1.82, 2.24) is 10.2 Å². The van der Waals surface area contributed by atoms with Gasteiger partial charge in [0.1, 0.15) is 0 Å². The molecule has 0 spiro atoms. The summed E-state index contributed by atoms with van der Waals surface area (Å²) in [6.07, 6.45) is 0.497. The van der Waals surface area contributed by atoms with Crippen LogP contribution < -0.4 is 5.32 Å². The maximum absolute atomic E-state index is 12.3. The van der Waals surface area contributed by atoms with Crippen molar-refractivity contribution in [1.29, 1.82) is 0 Å². The highest BCUT2D eigenvalue weighted by Crippen LogP contribution is 2.30. The quantitative estimate of drug-likeness (QED) is 0.897. The fraction of sp³-hybridized carbons (Fsp3) is 0.556. The zero-order valence-corrected chi connectivity index (χ0v) is 14.3.